The lowest BCUT2D eigenvalue weighted by Crippen LogP contribution is -2.53. The van der Waals surface area contributed by atoms with Crippen molar-refractivity contribution in [1.82, 2.24) is 9.99 Å². The van der Waals surface area contributed by atoms with E-state index in [1.165, 1.54) is 11.0 Å². The van der Waals surface area contributed by atoms with Crippen LogP contribution in [0.2, 0.25) is 10.0 Å². The Labute approximate surface area is 339 Å². The first-order valence-corrected chi connectivity index (χ1v) is 19.5. The third kappa shape index (κ3) is 5.86. The summed E-state index contributed by atoms with van der Waals surface area (Å²) in [5.41, 5.74) is 2.34. The van der Waals surface area contributed by atoms with E-state index in [0.717, 1.165) is 5.69 Å². The van der Waals surface area contributed by atoms with Crippen molar-refractivity contribution in [2.24, 2.45) is 23.7 Å². The largest absolute Gasteiger partial charge is 0.508 e. The van der Waals surface area contributed by atoms with Crippen LogP contribution < -0.4 is 15.2 Å². The number of aromatic nitrogens is 1. The van der Waals surface area contributed by atoms with E-state index in [0.29, 0.717) is 71.0 Å². The van der Waals surface area contributed by atoms with Gasteiger partial charge in [-0.1, -0.05) is 65.2 Å². The van der Waals surface area contributed by atoms with Crippen molar-refractivity contribution in [3.63, 3.8) is 0 Å². The summed E-state index contributed by atoms with van der Waals surface area (Å²) >= 11 is 12.6. The minimum atomic E-state index is -4.75. The van der Waals surface area contributed by atoms with Crippen LogP contribution in [-0.2, 0) is 35.5 Å². The smallest absolute Gasteiger partial charge is 0.417 e. The number of anilines is 3. The second kappa shape index (κ2) is 14.1. The minimum absolute atomic E-state index is 0.0561. The van der Waals surface area contributed by atoms with Crippen LogP contribution >= 0.6 is 23.2 Å². The molecule has 0 bridgehead atoms. The van der Waals surface area contributed by atoms with Crippen LogP contribution in [0.4, 0.5) is 30.4 Å². The average molecular weight is 833 g/mol. The first-order valence-electron chi connectivity index (χ1n) is 18.7. The molecule has 16 heteroatoms. The standard InChI is InChI=1S/C42H34Cl2F3N5O6/c43-24-7-5-22(6-8-24)41-31(38(55)52(40(41)57)49-36-32(44)19-23(21-48-36)42(45,46)47)20-30-27(35(41)28-3-1-2-4-33(28)53)13-14-29-34(30)39(56)51(37(29)54)26-11-9-25(10-12-26)50-15-17-58-18-16-50/h1-13,19,21,29-31,34-35,53H,14-18,20H2,(H,48,49). The zero-order valence-electron chi connectivity index (χ0n) is 30.5. The van der Waals surface area contributed by atoms with Gasteiger partial charge in [-0.05, 0) is 72.9 Å². The third-order valence-electron chi connectivity index (χ3n) is 12.3. The molecular weight excluding hydrogens is 798 g/mol. The van der Waals surface area contributed by atoms with Crippen LogP contribution in [0.1, 0.15) is 35.4 Å². The molecule has 6 atom stereocenters. The van der Waals surface area contributed by atoms with Crippen LogP contribution in [0.15, 0.2) is 96.7 Å². The lowest BCUT2D eigenvalue weighted by Gasteiger charge is -2.50. The molecule has 58 heavy (non-hydrogen) atoms. The zero-order chi connectivity index (χ0) is 40.7. The molecule has 1 aromatic heterocycles. The van der Waals surface area contributed by atoms with E-state index in [1.807, 2.05) is 18.2 Å². The highest BCUT2D eigenvalue weighted by Gasteiger charge is 2.70. The molecule has 5 aliphatic rings. The SMILES string of the molecule is O=C1C2CC3C(=CCC4C(=O)N(c5ccc(N6CCOCC6)cc5)C(=O)C43)C(c3ccccc3O)C2(c2ccc(Cl)cc2)C(=O)N1Nc1ncc(C(F)(F)F)cc1Cl. The number of carbonyl (C=O) groups is 4. The maximum Gasteiger partial charge on any atom is 0.417 e. The molecule has 298 valence electrons. The van der Waals surface area contributed by atoms with E-state index in [9.17, 15) is 32.7 Å². The number of nitrogens with zero attached hydrogens (tertiary/aromatic N) is 4. The number of alkyl halides is 3. The number of halogens is 5. The van der Waals surface area contributed by atoms with Gasteiger partial charge in [-0.3, -0.25) is 29.5 Å². The fourth-order valence-corrected chi connectivity index (χ4v) is 10.1. The van der Waals surface area contributed by atoms with Crippen LogP contribution in [-0.4, -0.2) is 65.0 Å². The predicted molar refractivity (Wildman–Crippen MR) is 207 cm³/mol. The fourth-order valence-electron chi connectivity index (χ4n) is 9.75. The second-order valence-electron chi connectivity index (χ2n) is 15.1. The minimum Gasteiger partial charge on any atom is -0.508 e. The van der Waals surface area contributed by atoms with Crippen LogP contribution in [0.5, 0.6) is 5.75 Å². The quantitative estimate of drug-likeness (QED) is 0.154. The molecule has 3 aromatic carbocycles. The van der Waals surface area contributed by atoms with Gasteiger partial charge in [0.05, 0.1) is 52.7 Å². The van der Waals surface area contributed by atoms with Gasteiger partial charge in [-0.2, -0.15) is 18.2 Å². The molecule has 9 rings (SSSR count). The number of allylic oxidation sites excluding steroid dienone is 2. The highest BCUT2D eigenvalue weighted by molar-refractivity contribution is 6.33. The van der Waals surface area contributed by atoms with E-state index in [2.05, 4.69) is 15.3 Å². The highest BCUT2D eigenvalue weighted by Crippen LogP contribution is 2.65. The molecule has 4 heterocycles. The van der Waals surface area contributed by atoms with Gasteiger partial charge < -0.3 is 14.7 Å². The molecule has 4 amide bonds. The maximum absolute atomic E-state index is 15.3. The first-order chi connectivity index (χ1) is 27.8. The van der Waals surface area contributed by atoms with Gasteiger partial charge in [0.2, 0.25) is 11.8 Å². The van der Waals surface area contributed by atoms with E-state index in [4.69, 9.17) is 27.9 Å². The summed E-state index contributed by atoms with van der Waals surface area (Å²) < 4.78 is 46.0. The third-order valence-corrected chi connectivity index (χ3v) is 12.8. The Morgan fingerprint density at radius 2 is 1.55 bits per heavy atom. The lowest BCUT2D eigenvalue weighted by atomic mass is 9.49. The number of hydrazine groups is 1. The number of benzene rings is 3. The number of phenols is 1. The Kier molecular flexibility index (Phi) is 9.29. The average Bonchev–Trinajstić information content (AvgIpc) is 3.59. The molecule has 3 saturated heterocycles. The normalized spacial score (nSPS) is 27.0. The number of aromatic hydroxyl groups is 1. The summed E-state index contributed by atoms with van der Waals surface area (Å²) in [5.74, 6) is -7.55. The number of imide groups is 2. The molecular formula is C42H34Cl2F3N5O6. The molecule has 2 aliphatic carbocycles. The van der Waals surface area contributed by atoms with E-state index >= 15 is 4.79 Å². The fraction of sp³-hybridized carbons (Fsp3) is 0.310. The number of pyridine rings is 1. The van der Waals surface area contributed by atoms with Crippen molar-refractivity contribution in [3.05, 3.63) is 123 Å². The number of hydrogen-bond acceptors (Lipinski definition) is 9. The number of nitrogens with one attached hydrogen (secondary N) is 1. The van der Waals surface area contributed by atoms with Crippen molar-refractivity contribution in [2.75, 3.05) is 41.5 Å². The number of hydrogen-bond donors (Lipinski definition) is 2. The Morgan fingerprint density at radius 3 is 2.22 bits per heavy atom. The summed E-state index contributed by atoms with van der Waals surface area (Å²) in [7, 11) is 0. The highest BCUT2D eigenvalue weighted by atomic mass is 35.5. The molecule has 1 saturated carbocycles. The van der Waals surface area contributed by atoms with E-state index < -0.39 is 69.5 Å². The van der Waals surface area contributed by atoms with Gasteiger partial charge in [-0.25, -0.2) is 4.98 Å². The molecule has 0 spiro atoms. The molecule has 6 unspecified atom stereocenters. The number of morpholine rings is 1. The van der Waals surface area contributed by atoms with E-state index in [1.54, 1.807) is 54.6 Å². The van der Waals surface area contributed by atoms with Gasteiger partial charge in [0.1, 0.15) is 5.75 Å². The lowest BCUT2D eigenvalue weighted by molar-refractivity contribution is -0.139. The number of fused-ring (bicyclic) bond motifs is 4. The Hall–Kier alpha value is -5.44. The summed E-state index contributed by atoms with van der Waals surface area (Å²) in [5, 5.41) is 12.1. The molecule has 2 N–H and O–H groups in total. The Bertz CT molecular complexity index is 2390. The van der Waals surface area contributed by atoms with Crippen LogP contribution in [0.25, 0.3) is 0 Å². The van der Waals surface area contributed by atoms with Gasteiger partial charge in [-0.15, -0.1) is 0 Å². The van der Waals surface area contributed by atoms with Crippen molar-refractivity contribution < 1.29 is 42.2 Å². The first kappa shape index (κ1) is 38.1. The molecule has 4 aromatic rings. The molecule has 3 aliphatic heterocycles. The number of amides is 4. The van der Waals surface area contributed by atoms with Crippen molar-refractivity contribution in [3.8, 4) is 5.75 Å². The predicted octanol–water partition coefficient (Wildman–Crippen LogP) is 7.14. The monoisotopic (exact) mass is 831 g/mol. The number of ether oxygens (including phenoxy) is 1. The summed E-state index contributed by atoms with van der Waals surface area (Å²) in [6, 6.07) is 20.7. The molecule has 4 fully saturated rings. The van der Waals surface area contributed by atoms with E-state index in [-0.39, 0.29) is 30.3 Å². The van der Waals surface area contributed by atoms with Crippen molar-refractivity contribution in [1.29, 1.82) is 0 Å². The van der Waals surface area contributed by atoms with Gasteiger partial charge >= 0.3 is 6.18 Å². The van der Waals surface area contributed by atoms with Crippen molar-refractivity contribution >= 4 is 64.0 Å². The van der Waals surface area contributed by atoms with Gasteiger partial charge in [0.15, 0.2) is 5.82 Å². The summed E-state index contributed by atoms with van der Waals surface area (Å²) in [4.78, 5) is 66.3. The van der Waals surface area contributed by atoms with Gasteiger partial charge in [0, 0.05) is 41.5 Å². The Balaban J connectivity index is 1.15. The second-order valence-corrected chi connectivity index (χ2v) is 15.9. The van der Waals surface area contributed by atoms with Gasteiger partial charge in [0.25, 0.3) is 11.8 Å². The molecule has 11 nitrogen and oxygen atoms in total. The summed E-state index contributed by atoms with van der Waals surface area (Å²) in [6.45, 7) is 2.60. The number of phenolic OH excluding ortho intramolecular Hbond substituents is 1. The topological polar surface area (TPSA) is 132 Å². The number of carbonyl (C=O) groups excluding carboxylic acids is 4. The van der Waals surface area contributed by atoms with Crippen LogP contribution in [0.3, 0.4) is 0 Å². The number of para-hydroxylation sites is 1. The number of rotatable bonds is 6. The maximum atomic E-state index is 15.3. The Morgan fingerprint density at radius 1 is 0.862 bits per heavy atom. The molecule has 0 radical (unpaired) electrons. The van der Waals surface area contributed by atoms with Crippen molar-refractivity contribution in [2.45, 2.75) is 30.4 Å². The van der Waals surface area contributed by atoms with Crippen LogP contribution in [0, 0.1) is 23.7 Å². The summed E-state index contributed by atoms with van der Waals surface area (Å²) in [6.07, 6.45) is -2.26. The zero-order valence-corrected chi connectivity index (χ0v) is 32.0.